The molecule has 0 atom stereocenters. The van der Waals surface area contributed by atoms with Crippen molar-refractivity contribution in [2.75, 3.05) is 0 Å². The molecule has 0 aliphatic heterocycles. The van der Waals surface area contributed by atoms with E-state index in [1.165, 1.54) is 171 Å². The Balaban J connectivity index is 1.58. The van der Waals surface area contributed by atoms with Crippen molar-refractivity contribution < 1.29 is 0 Å². The third kappa shape index (κ3) is 19.3. The number of unbranched alkanes of at least 4 members (excludes halogenated alkanes) is 21. The summed E-state index contributed by atoms with van der Waals surface area (Å²) in [4.78, 5) is 5.14. The average Bonchev–Trinajstić information content (AvgIpc) is 3.38. The van der Waals surface area contributed by atoms with Gasteiger partial charge in [0.25, 0.3) is 0 Å². The molecule has 2 heteroatoms. The molecule has 1 aromatic carbocycles. The van der Waals surface area contributed by atoms with Gasteiger partial charge in [-0.1, -0.05) is 179 Å². The summed E-state index contributed by atoms with van der Waals surface area (Å²) in [5.41, 5.74) is 2.76. The van der Waals surface area contributed by atoms with Gasteiger partial charge in [0.15, 0.2) is 0 Å². The van der Waals surface area contributed by atoms with Crippen molar-refractivity contribution in [3.05, 3.63) is 53.6 Å². The predicted molar refractivity (Wildman–Crippen MR) is 182 cm³/mol. The molecule has 0 amide bonds. The quantitative estimate of drug-likeness (QED) is 0.0898. The molecule has 234 valence electrons. The minimum Gasteiger partial charge on any atom is -0.335 e. The summed E-state index contributed by atoms with van der Waals surface area (Å²) in [6, 6.07) is 10.9. The molecule has 0 saturated heterocycles. The van der Waals surface area contributed by atoms with Crippen LogP contribution in [-0.4, -0.2) is 9.55 Å². The fourth-order valence-corrected chi connectivity index (χ4v) is 6.22. The van der Waals surface area contributed by atoms with E-state index < -0.39 is 0 Å². The first-order valence-electron chi connectivity index (χ1n) is 18.4. The average molecular weight is 565 g/mol. The van der Waals surface area contributed by atoms with E-state index in [0.29, 0.717) is 0 Å². The minimum absolute atomic E-state index is 1.10. The number of hydrogen-bond acceptors (Lipinski definition) is 1. The van der Waals surface area contributed by atoms with Crippen LogP contribution in [0.25, 0.3) is 0 Å². The maximum Gasteiger partial charge on any atom is 0.108 e. The second-order valence-electron chi connectivity index (χ2n) is 12.9. The smallest absolute Gasteiger partial charge is 0.108 e. The van der Waals surface area contributed by atoms with Crippen LogP contribution in [0.2, 0.25) is 0 Å². The van der Waals surface area contributed by atoms with Crippen LogP contribution < -0.4 is 0 Å². The number of aryl methyl sites for hydroxylation is 4. The summed E-state index contributed by atoms with van der Waals surface area (Å²) < 4.78 is 2.53. The highest BCUT2D eigenvalue weighted by molar-refractivity contribution is 5.15. The van der Waals surface area contributed by atoms with Crippen LogP contribution in [-0.2, 0) is 25.8 Å². The van der Waals surface area contributed by atoms with Gasteiger partial charge in [0, 0.05) is 19.2 Å². The summed E-state index contributed by atoms with van der Waals surface area (Å²) in [6.07, 6.45) is 39.5. The first-order chi connectivity index (χ1) is 20.3. The Morgan fingerprint density at radius 1 is 0.463 bits per heavy atom. The number of hydrogen-bond donors (Lipinski definition) is 0. The van der Waals surface area contributed by atoms with E-state index >= 15 is 0 Å². The molecule has 1 heterocycles. The summed E-state index contributed by atoms with van der Waals surface area (Å²) in [6.45, 7) is 5.77. The molecule has 0 spiro atoms. The number of rotatable bonds is 29. The molecular formula is C39H68N2. The molecule has 1 aromatic heterocycles. The van der Waals surface area contributed by atoms with Crippen molar-refractivity contribution in [2.45, 2.75) is 194 Å². The number of imidazole rings is 1. The van der Waals surface area contributed by atoms with Gasteiger partial charge in [-0.25, -0.2) is 4.98 Å². The third-order valence-electron chi connectivity index (χ3n) is 8.91. The molecule has 0 aliphatic rings. The van der Waals surface area contributed by atoms with E-state index in [1.807, 2.05) is 0 Å². The lowest BCUT2D eigenvalue weighted by Crippen LogP contribution is -2.03. The molecule has 0 aliphatic carbocycles. The van der Waals surface area contributed by atoms with Crippen molar-refractivity contribution in [2.24, 2.45) is 0 Å². The molecule has 41 heavy (non-hydrogen) atoms. The van der Waals surface area contributed by atoms with Crippen molar-refractivity contribution in [1.29, 1.82) is 0 Å². The first kappa shape index (κ1) is 35.6. The molecule has 2 nitrogen and oxygen atoms in total. The Bertz CT molecular complexity index is 808. The Hall–Kier alpha value is -1.57. The van der Waals surface area contributed by atoms with E-state index in [2.05, 4.69) is 54.9 Å². The zero-order valence-electron chi connectivity index (χ0n) is 27.7. The standard InChI is InChI=1S/C39H68N2/c1-3-5-7-9-11-12-13-14-15-16-17-18-19-21-23-28-35-41-36-38(33-29-32-37-30-25-24-26-31-37)40-39(41)34-27-22-20-10-8-6-4-2/h24-26,30-31,36H,3-23,27-29,32-35H2,1-2H3. The highest BCUT2D eigenvalue weighted by Crippen LogP contribution is 2.17. The van der Waals surface area contributed by atoms with E-state index in [-0.39, 0.29) is 0 Å². The minimum atomic E-state index is 1.10. The van der Waals surface area contributed by atoms with Crippen molar-refractivity contribution in [1.82, 2.24) is 9.55 Å². The SMILES string of the molecule is CCCCCCCCCCCCCCCCCCn1cc(CCCc2ccccc2)nc1CCCCCCCCC. The van der Waals surface area contributed by atoms with Gasteiger partial charge in [-0.3, -0.25) is 0 Å². The summed E-state index contributed by atoms with van der Waals surface area (Å²) in [5.74, 6) is 1.36. The van der Waals surface area contributed by atoms with Crippen LogP contribution >= 0.6 is 0 Å². The van der Waals surface area contributed by atoms with Crippen molar-refractivity contribution in [3.8, 4) is 0 Å². The van der Waals surface area contributed by atoms with Crippen molar-refractivity contribution in [3.63, 3.8) is 0 Å². The lowest BCUT2D eigenvalue weighted by Gasteiger charge is -2.08. The Labute approximate surface area is 256 Å². The topological polar surface area (TPSA) is 17.8 Å². The first-order valence-corrected chi connectivity index (χ1v) is 18.4. The molecule has 2 rings (SSSR count). The number of aromatic nitrogens is 2. The Morgan fingerprint density at radius 2 is 0.927 bits per heavy atom. The van der Waals surface area contributed by atoms with E-state index in [0.717, 1.165) is 25.8 Å². The van der Waals surface area contributed by atoms with Crippen LogP contribution in [0.5, 0.6) is 0 Å². The summed E-state index contributed by atoms with van der Waals surface area (Å²) in [5, 5.41) is 0. The van der Waals surface area contributed by atoms with Gasteiger partial charge in [0.05, 0.1) is 5.69 Å². The van der Waals surface area contributed by atoms with Gasteiger partial charge in [-0.15, -0.1) is 0 Å². The van der Waals surface area contributed by atoms with Gasteiger partial charge >= 0.3 is 0 Å². The van der Waals surface area contributed by atoms with Crippen molar-refractivity contribution >= 4 is 0 Å². The molecule has 0 unspecified atom stereocenters. The van der Waals surface area contributed by atoms with Crippen LogP contribution in [0.15, 0.2) is 36.5 Å². The highest BCUT2D eigenvalue weighted by atomic mass is 15.1. The largest absolute Gasteiger partial charge is 0.335 e. The predicted octanol–water partition coefficient (Wildman–Crippen LogP) is 12.6. The summed E-state index contributed by atoms with van der Waals surface area (Å²) in [7, 11) is 0. The molecule has 0 saturated carbocycles. The van der Waals surface area contributed by atoms with Crippen LogP contribution in [0, 0.1) is 0 Å². The molecular weight excluding hydrogens is 496 g/mol. The van der Waals surface area contributed by atoms with E-state index in [1.54, 1.807) is 0 Å². The van der Waals surface area contributed by atoms with E-state index in [9.17, 15) is 0 Å². The molecule has 2 aromatic rings. The van der Waals surface area contributed by atoms with E-state index in [4.69, 9.17) is 4.98 Å². The van der Waals surface area contributed by atoms with Gasteiger partial charge in [-0.2, -0.15) is 0 Å². The van der Waals surface area contributed by atoms with Gasteiger partial charge in [0.2, 0.25) is 0 Å². The second-order valence-corrected chi connectivity index (χ2v) is 12.9. The van der Waals surface area contributed by atoms with Gasteiger partial charge in [-0.05, 0) is 37.7 Å². The zero-order chi connectivity index (χ0) is 29.1. The zero-order valence-corrected chi connectivity index (χ0v) is 27.7. The fraction of sp³-hybridized carbons (Fsp3) is 0.769. The molecule has 0 N–H and O–H groups in total. The third-order valence-corrected chi connectivity index (χ3v) is 8.91. The van der Waals surface area contributed by atoms with Gasteiger partial charge < -0.3 is 4.57 Å². The molecule has 0 bridgehead atoms. The summed E-state index contributed by atoms with van der Waals surface area (Å²) >= 11 is 0. The molecule has 0 fully saturated rings. The van der Waals surface area contributed by atoms with Crippen LogP contribution in [0.1, 0.15) is 185 Å². The Kier molecular flexibility index (Phi) is 22.7. The lowest BCUT2D eigenvalue weighted by atomic mass is 10.0. The Morgan fingerprint density at radius 3 is 1.44 bits per heavy atom. The fourth-order valence-electron chi connectivity index (χ4n) is 6.22. The van der Waals surface area contributed by atoms with Crippen LogP contribution in [0.3, 0.4) is 0 Å². The van der Waals surface area contributed by atoms with Gasteiger partial charge in [0.1, 0.15) is 5.82 Å². The van der Waals surface area contributed by atoms with Crippen LogP contribution in [0.4, 0.5) is 0 Å². The maximum atomic E-state index is 5.14. The number of nitrogens with zero attached hydrogens (tertiary/aromatic N) is 2. The monoisotopic (exact) mass is 565 g/mol. The lowest BCUT2D eigenvalue weighted by molar-refractivity contribution is 0.514. The normalized spacial score (nSPS) is 11.5. The maximum absolute atomic E-state index is 5.14. The second kappa shape index (κ2) is 26.1. The number of benzene rings is 1. The highest BCUT2D eigenvalue weighted by Gasteiger charge is 2.08. The molecule has 0 radical (unpaired) electrons.